The van der Waals surface area contributed by atoms with E-state index in [1.807, 2.05) is 0 Å². The minimum Gasteiger partial charge on any atom is -0.242 e. The Morgan fingerprint density at radius 2 is 2.23 bits per heavy atom. The molecule has 0 fully saturated rings. The standard InChI is InChI=1S/C4H5F3N4S2/c5-4(6,7)13-2-1-11-3(12)8-9-10-11/h1-2H2,(H,8,10,12). The number of aryl methyl sites for hydroxylation is 1. The maximum absolute atomic E-state index is 11.7. The minimum absolute atomic E-state index is 0.102. The molecule has 0 radical (unpaired) electrons. The first kappa shape index (κ1) is 10.5. The molecule has 0 amide bonds. The Bertz CT molecular complexity index is 316. The van der Waals surface area contributed by atoms with Crippen molar-refractivity contribution in [2.24, 2.45) is 0 Å². The fourth-order valence-corrected chi connectivity index (χ4v) is 1.29. The fourth-order valence-electron chi connectivity index (χ4n) is 0.614. The van der Waals surface area contributed by atoms with Gasteiger partial charge in [-0.1, -0.05) is 10.3 Å². The van der Waals surface area contributed by atoms with Crippen LogP contribution in [0.1, 0.15) is 0 Å². The van der Waals surface area contributed by atoms with Gasteiger partial charge in [-0.2, -0.15) is 18.4 Å². The van der Waals surface area contributed by atoms with E-state index in [1.54, 1.807) is 0 Å². The summed E-state index contributed by atoms with van der Waals surface area (Å²) in [5.41, 5.74) is -4.20. The van der Waals surface area contributed by atoms with Gasteiger partial charge in [-0.15, -0.1) is 0 Å². The summed E-state index contributed by atoms with van der Waals surface area (Å²) in [5.74, 6) is -0.109. The van der Waals surface area contributed by atoms with Crippen LogP contribution < -0.4 is 0 Å². The molecule has 1 rings (SSSR count). The van der Waals surface area contributed by atoms with Gasteiger partial charge in [0.1, 0.15) is 0 Å². The number of rotatable bonds is 3. The van der Waals surface area contributed by atoms with Crippen LogP contribution in [-0.2, 0) is 6.54 Å². The van der Waals surface area contributed by atoms with Gasteiger partial charge in [-0.05, 0) is 24.0 Å². The monoisotopic (exact) mass is 230 g/mol. The highest BCUT2D eigenvalue weighted by molar-refractivity contribution is 8.00. The maximum Gasteiger partial charge on any atom is 0.441 e. The Balaban J connectivity index is 2.37. The van der Waals surface area contributed by atoms with Gasteiger partial charge < -0.3 is 0 Å². The first-order chi connectivity index (χ1) is 5.99. The zero-order chi connectivity index (χ0) is 9.90. The molecule has 0 bridgehead atoms. The lowest BCUT2D eigenvalue weighted by Gasteiger charge is -2.04. The highest BCUT2D eigenvalue weighted by Crippen LogP contribution is 2.29. The van der Waals surface area contributed by atoms with Gasteiger partial charge in [0.2, 0.25) is 4.77 Å². The second-order valence-electron chi connectivity index (χ2n) is 2.03. The summed E-state index contributed by atoms with van der Waals surface area (Å²) in [4.78, 5) is 0. The molecule has 9 heteroatoms. The molecule has 0 saturated carbocycles. The van der Waals surface area contributed by atoms with Crippen molar-refractivity contribution < 1.29 is 13.2 Å². The maximum atomic E-state index is 11.7. The minimum atomic E-state index is -4.20. The van der Waals surface area contributed by atoms with E-state index in [-0.39, 0.29) is 28.8 Å². The number of alkyl halides is 3. The molecule has 0 aliphatic carbocycles. The fraction of sp³-hybridized carbons (Fsp3) is 0.750. The van der Waals surface area contributed by atoms with Gasteiger partial charge in [0, 0.05) is 5.75 Å². The molecule has 0 aliphatic heterocycles. The number of H-pyrrole nitrogens is 1. The van der Waals surface area contributed by atoms with Gasteiger partial charge in [0.15, 0.2) is 0 Å². The number of hydrogen-bond acceptors (Lipinski definition) is 4. The third-order valence-corrected chi connectivity index (χ3v) is 2.13. The highest BCUT2D eigenvalue weighted by Gasteiger charge is 2.27. The number of thioether (sulfide) groups is 1. The number of nitrogens with zero attached hydrogens (tertiary/aromatic N) is 3. The Labute approximate surface area is 80.5 Å². The van der Waals surface area contributed by atoms with E-state index in [9.17, 15) is 13.2 Å². The Hall–Kier alpha value is -0.570. The van der Waals surface area contributed by atoms with E-state index >= 15 is 0 Å². The molecule has 1 N–H and O–H groups in total. The van der Waals surface area contributed by atoms with Crippen molar-refractivity contribution >= 4 is 24.0 Å². The van der Waals surface area contributed by atoms with Gasteiger partial charge in [0.25, 0.3) is 0 Å². The number of halogens is 3. The largest absolute Gasteiger partial charge is 0.441 e. The molecule has 0 aliphatic rings. The van der Waals surface area contributed by atoms with Gasteiger partial charge in [-0.3, -0.25) is 0 Å². The average Bonchev–Trinajstić information content (AvgIpc) is 2.34. The van der Waals surface area contributed by atoms with Crippen LogP contribution in [0.2, 0.25) is 0 Å². The van der Waals surface area contributed by atoms with E-state index in [1.165, 1.54) is 4.68 Å². The van der Waals surface area contributed by atoms with Crippen molar-refractivity contribution in [2.45, 2.75) is 12.1 Å². The summed E-state index contributed by atoms with van der Waals surface area (Å²) in [6.45, 7) is 0.121. The van der Waals surface area contributed by atoms with E-state index in [0.29, 0.717) is 0 Å². The summed E-state index contributed by atoms with van der Waals surface area (Å²) in [6.07, 6.45) is 0. The van der Waals surface area contributed by atoms with E-state index in [4.69, 9.17) is 0 Å². The van der Waals surface area contributed by atoms with Crippen molar-refractivity contribution in [1.82, 2.24) is 20.2 Å². The number of aromatic nitrogens is 4. The zero-order valence-electron chi connectivity index (χ0n) is 6.21. The van der Waals surface area contributed by atoms with E-state index in [0.717, 1.165) is 0 Å². The third-order valence-electron chi connectivity index (χ3n) is 1.11. The molecule has 4 nitrogen and oxygen atoms in total. The van der Waals surface area contributed by atoms with Crippen molar-refractivity contribution in [2.75, 3.05) is 5.75 Å². The molecular formula is C4H5F3N4S2. The van der Waals surface area contributed by atoms with Crippen molar-refractivity contribution in [1.29, 1.82) is 0 Å². The van der Waals surface area contributed by atoms with Crippen LogP contribution in [-0.4, -0.2) is 31.5 Å². The van der Waals surface area contributed by atoms with Crippen LogP contribution >= 0.6 is 24.0 Å². The quantitative estimate of drug-likeness (QED) is 0.801. The molecular weight excluding hydrogens is 225 g/mol. The molecule has 0 atom stereocenters. The molecule has 1 aromatic heterocycles. The topological polar surface area (TPSA) is 46.5 Å². The number of nitrogens with one attached hydrogen (secondary N) is 1. The summed E-state index contributed by atoms with van der Waals surface area (Å²) in [7, 11) is 0. The number of hydrogen-bond donors (Lipinski definition) is 1. The summed E-state index contributed by atoms with van der Waals surface area (Å²) < 4.78 is 36.4. The van der Waals surface area contributed by atoms with Crippen LogP contribution in [0.15, 0.2) is 0 Å². The van der Waals surface area contributed by atoms with Crippen LogP contribution in [0, 0.1) is 4.77 Å². The zero-order valence-corrected chi connectivity index (χ0v) is 7.84. The van der Waals surface area contributed by atoms with Crippen molar-refractivity contribution in [3.05, 3.63) is 4.77 Å². The Kier molecular flexibility index (Phi) is 3.31. The SMILES string of the molecule is FC(F)(F)SCCn1[nH]nnc1=S. The normalized spacial score (nSPS) is 11.9. The lowest BCUT2D eigenvalue weighted by atomic mass is 10.8. The van der Waals surface area contributed by atoms with E-state index < -0.39 is 5.51 Å². The van der Waals surface area contributed by atoms with Crippen LogP contribution in [0.3, 0.4) is 0 Å². The van der Waals surface area contributed by atoms with Gasteiger partial charge in [0.05, 0.1) is 6.54 Å². The Morgan fingerprint density at radius 3 is 2.69 bits per heavy atom. The molecule has 74 valence electrons. The molecule has 0 spiro atoms. The lowest BCUT2D eigenvalue weighted by molar-refractivity contribution is -0.0328. The van der Waals surface area contributed by atoms with Crippen molar-refractivity contribution in [3.63, 3.8) is 0 Å². The van der Waals surface area contributed by atoms with Crippen LogP contribution in [0.4, 0.5) is 13.2 Å². The second kappa shape index (κ2) is 4.09. The number of tetrazole rings is 1. The molecule has 1 heterocycles. The summed E-state index contributed by atoms with van der Waals surface area (Å²) >= 11 is 4.56. The molecule has 1 aromatic rings. The number of aromatic amines is 1. The lowest BCUT2D eigenvalue weighted by Crippen LogP contribution is -2.08. The van der Waals surface area contributed by atoms with Gasteiger partial charge in [-0.25, -0.2) is 4.68 Å². The molecule has 0 unspecified atom stereocenters. The molecule has 0 saturated heterocycles. The summed E-state index contributed by atoms with van der Waals surface area (Å²) in [5, 5.41) is 9.11. The first-order valence-electron chi connectivity index (χ1n) is 3.17. The predicted octanol–water partition coefficient (Wildman–Crippen LogP) is 1.59. The first-order valence-corrected chi connectivity index (χ1v) is 4.57. The third kappa shape index (κ3) is 3.77. The van der Waals surface area contributed by atoms with E-state index in [2.05, 4.69) is 27.7 Å². The molecule has 0 aromatic carbocycles. The smallest absolute Gasteiger partial charge is 0.242 e. The second-order valence-corrected chi connectivity index (χ2v) is 3.55. The Morgan fingerprint density at radius 1 is 1.54 bits per heavy atom. The summed E-state index contributed by atoms with van der Waals surface area (Å²) in [6, 6.07) is 0. The highest BCUT2D eigenvalue weighted by atomic mass is 32.2. The average molecular weight is 230 g/mol. The molecule has 13 heavy (non-hydrogen) atoms. The van der Waals surface area contributed by atoms with Gasteiger partial charge >= 0.3 is 5.51 Å². The van der Waals surface area contributed by atoms with Crippen molar-refractivity contribution in [3.8, 4) is 0 Å². The van der Waals surface area contributed by atoms with Crippen LogP contribution in [0.25, 0.3) is 0 Å². The van der Waals surface area contributed by atoms with Crippen LogP contribution in [0.5, 0.6) is 0 Å². The predicted molar refractivity (Wildman–Crippen MR) is 43.7 cm³/mol.